The maximum atomic E-state index is 12.5. The first kappa shape index (κ1) is 21.0. The molecule has 0 aliphatic rings. The third-order valence-corrected chi connectivity index (χ3v) is 4.67. The predicted octanol–water partition coefficient (Wildman–Crippen LogP) is 2.76. The molecule has 0 saturated heterocycles. The summed E-state index contributed by atoms with van der Waals surface area (Å²) < 4.78 is 0. The zero-order valence-electron chi connectivity index (χ0n) is 16.1. The van der Waals surface area contributed by atoms with E-state index in [1.807, 2.05) is 6.07 Å². The fraction of sp³-hybridized carbons (Fsp3) is 0.125. The molecule has 0 aromatic heterocycles. The number of carbonyl (C=O) groups excluding carboxylic acids is 2. The Kier molecular flexibility index (Phi) is 6.72. The van der Waals surface area contributed by atoms with Crippen LogP contribution in [0.5, 0.6) is 0 Å². The molecule has 3 rings (SSSR count). The van der Waals surface area contributed by atoms with E-state index in [1.165, 1.54) is 0 Å². The van der Waals surface area contributed by atoms with E-state index >= 15 is 0 Å². The minimum Gasteiger partial charge on any atom is -0.480 e. The Labute approximate surface area is 173 Å². The summed E-state index contributed by atoms with van der Waals surface area (Å²) >= 11 is 0. The third kappa shape index (κ3) is 5.18. The Morgan fingerprint density at radius 3 is 1.87 bits per heavy atom. The summed E-state index contributed by atoms with van der Waals surface area (Å²) in [5, 5.41) is 22.0. The van der Waals surface area contributed by atoms with Gasteiger partial charge in [0.15, 0.2) is 11.9 Å². The van der Waals surface area contributed by atoms with Crippen molar-refractivity contribution in [1.29, 1.82) is 0 Å². The fourth-order valence-corrected chi connectivity index (χ4v) is 3.02. The smallest absolute Gasteiger partial charge is 0.326 e. The molecule has 0 heterocycles. The fourth-order valence-electron chi connectivity index (χ4n) is 3.02. The van der Waals surface area contributed by atoms with Gasteiger partial charge in [-0.2, -0.15) is 0 Å². The molecule has 0 aliphatic heterocycles. The first-order chi connectivity index (χ1) is 14.5. The minimum atomic E-state index is -1.46. The molecule has 0 spiro atoms. The molecular weight excluding hydrogens is 382 g/mol. The van der Waals surface area contributed by atoms with E-state index in [1.54, 1.807) is 78.9 Å². The highest BCUT2D eigenvalue weighted by atomic mass is 16.4. The lowest BCUT2D eigenvalue weighted by Crippen LogP contribution is -2.44. The number of nitrogens with one attached hydrogen (secondary N) is 1. The number of carboxylic acid groups (broad SMARTS) is 1. The molecule has 152 valence electrons. The van der Waals surface area contributed by atoms with Gasteiger partial charge in [-0.1, -0.05) is 84.9 Å². The van der Waals surface area contributed by atoms with Gasteiger partial charge < -0.3 is 15.5 Å². The Morgan fingerprint density at radius 1 is 0.767 bits per heavy atom. The number of hydrogen-bond donors (Lipinski definition) is 3. The standard InChI is InChI=1S/C24H21NO5/c26-21(17-7-3-1-4-8-17)19-13-11-16(12-14-19)15-20(24(29)30)25-23(28)22(27)18-9-5-2-6-10-18/h1-14,20,22,27H,15H2,(H,25,28)(H,29,30)/t20-,22+/m1/s1. The summed E-state index contributed by atoms with van der Waals surface area (Å²) in [5.41, 5.74) is 2.07. The summed E-state index contributed by atoms with van der Waals surface area (Å²) in [4.78, 5) is 36.4. The molecule has 3 aromatic rings. The molecule has 0 bridgehead atoms. The van der Waals surface area contributed by atoms with Gasteiger partial charge in [-0.05, 0) is 11.1 Å². The van der Waals surface area contributed by atoms with Crippen molar-refractivity contribution in [1.82, 2.24) is 5.32 Å². The number of ketones is 1. The predicted molar refractivity (Wildman–Crippen MR) is 111 cm³/mol. The second-order valence-corrected chi connectivity index (χ2v) is 6.81. The normalized spacial score (nSPS) is 12.6. The largest absolute Gasteiger partial charge is 0.480 e. The highest BCUT2D eigenvalue weighted by Crippen LogP contribution is 2.15. The Balaban J connectivity index is 1.67. The van der Waals surface area contributed by atoms with Gasteiger partial charge >= 0.3 is 5.97 Å². The van der Waals surface area contributed by atoms with Crippen LogP contribution in [0.2, 0.25) is 0 Å². The first-order valence-corrected chi connectivity index (χ1v) is 9.40. The lowest BCUT2D eigenvalue weighted by atomic mass is 9.99. The topological polar surface area (TPSA) is 104 Å². The van der Waals surface area contributed by atoms with Gasteiger partial charge in [0.2, 0.25) is 0 Å². The molecule has 0 fully saturated rings. The molecule has 3 N–H and O–H groups in total. The van der Waals surface area contributed by atoms with E-state index in [4.69, 9.17) is 0 Å². The van der Waals surface area contributed by atoms with Gasteiger partial charge in [-0.15, -0.1) is 0 Å². The average Bonchev–Trinajstić information content (AvgIpc) is 2.79. The molecule has 30 heavy (non-hydrogen) atoms. The van der Waals surface area contributed by atoms with Gasteiger partial charge in [-0.3, -0.25) is 9.59 Å². The molecule has 0 unspecified atom stereocenters. The summed E-state index contributed by atoms with van der Waals surface area (Å²) in [7, 11) is 0. The third-order valence-electron chi connectivity index (χ3n) is 4.67. The molecule has 6 nitrogen and oxygen atoms in total. The molecule has 0 aliphatic carbocycles. The summed E-state index contributed by atoms with van der Waals surface area (Å²) in [6.07, 6.45) is -1.44. The number of aliphatic hydroxyl groups excluding tert-OH is 1. The molecule has 1 amide bonds. The second-order valence-electron chi connectivity index (χ2n) is 6.81. The maximum Gasteiger partial charge on any atom is 0.326 e. The van der Waals surface area contributed by atoms with Crippen LogP contribution in [0.15, 0.2) is 84.9 Å². The van der Waals surface area contributed by atoms with Crippen LogP contribution in [0.25, 0.3) is 0 Å². The number of carboxylic acids is 1. The number of hydrogen-bond acceptors (Lipinski definition) is 4. The molecule has 6 heteroatoms. The SMILES string of the molecule is O=C(c1ccccc1)c1ccc(C[C@@H](NC(=O)[C@@H](O)c2ccccc2)C(=O)O)cc1. The van der Waals surface area contributed by atoms with E-state index in [9.17, 15) is 24.6 Å². The zero-order valence-corrected chi connectivity index (χ0v) is 16.1. The summed E-state index contributed by atoms with van der Waals surface area (Å²) in [6.45, 7) is 0. The van der Waals surface area contributed by atoms with Crippen molar-refractivity contribution in [3.63, 3.8) is 0 Å². The van der Waals surface area contributed by atoms with Crippen molar-refractivity contribution in [3.8, 4) is 0 Å². The molecule has 0 radical (unpaired) electrons. The van der Waals surface area contributed by atoms with Crippen LogP contribution in [0.3, 0.4) is 0 Å². The maximum absolute atomic E-state index is 12.5. The average molecular weight is 403 g/mol. The van der Waals surface area contributed by atoms with E-state index in [-0.39, 0.29) is 12.2 Å². The zero-order chi connectivity index (χ0) is 21.5. The van der Waals surface area contributed by atoms with Crippen molar-refractivity contribution in [2.24, 2.45) is 0 Å². The minimum absolute atomic E-state index is 0.0163. The number of rotatable bonds is 8. The van der Waals surface area contributed by atoms with Crippen LogP contribution in [0.4, 0.5) is 0 Å². The van der Waals surface area contributed by atoms with E-state index in [0.29, 0.717) is 22.3 Å². The molecular formula is C24H21NO5. The lowest BCUT2D eigenvalue weighted by molar-refractivity contribution is -0.143. The van der Waals surface area contributed by atoms with Crippen LogP contribution in [0.1, 0.15) is 33.2 Å². The number of carbonyl (C=O) groups is 3. The van der Waals surface area contributed by atoms with Crippen LogP contribution in [0, 0.1) is 0 Å². The monoisotopic (exact) mass is 403 g/mol. The van der Waals surface area contributed by atoms with Crippen LogP contribution >= 0.6 is 0 Å². The summed E-state index contributed by atoms with van der Waals surface area (Å²) in [5.74, 6) is -2.13. The molecule has 0 saturated carbocycles. The van der Waals surface area contributed by atoms with Crippen LogP contribution < -0.4 is 5.32 Å². The highest BCUT2D eigenvalue weighted by molar-refractivity contribution is 6.08. The van der Waals surface area contributed by atoms with E-state index in [0.717, 1.165) is 0 Å². The van der Waals surface area contributed by atoms with Crippen molar-refractivity contribution in [3.05, 3.63) is 107 Å². The van der Waals surface area contributed by atoms with Crippen molar-refractivity contribution >= 4 is 17.7 Å². The van der Waals surface area contributed by atoms with Crippen molar-refractivity contribution in [2.75, 3.05) is 0 Å². The molecule has 3 aromatic carbocycles. The van der Waals surface area contributed by atoms with Crippen LogP contribution in [-0.4, -0.2) is 33.9 Å². The Hall–Kier alpha value is -3.77. The summed E-state index contributed by atoms with van der Waals surface area (Å²) in [6, 6.07) is 22.5. The Bertz CT molecular complexity index is 1020. The number of aliphatic hydroxyl groups is 1. The van der Waals surface area contributed by atoms with Crippen molar-refractivity contribution < 1.29 is 24.6 Å². The van der Waals surface area contributed by atoms with Gasteiger partial charge in [0.25, 0.3) is 5.91 Å². The number of amides is 1. The van der Waals surface area contributed by atoms with E-state index in [2.05, 4.69) is 5.32 Å². The van der Waals surface area contributed by atoms with Gasteiger partial charge in [0.05, 0.1) is 0 Å². The second kappa shape index (κ2) is 9.62. The van der Waals surface area contributed by atoms with E-state index < -0.39 is 24.0 Å². The Morgan fingerprint density at radius 2 is 1.30 bits per heavy atom. The van der Waals surface area contributed by atoms with Crippen molar-refractivity contribution in [2.45, 2.75) is 18.6 Å². The lowest BCUT2D eigenvalue weighted by Gasteiger charge is -2.18. The first-order valence-electron chi connectivity index (χ1n) is 9.40. The highest BCUT2D eigenvalue weighted by Gasteiger charge is 2.25. The van der Waals surface area contributed by atoms with Gasteiger partial charge in [0, 0.05) is 17.5 Å². The number of aliphatic carboxylic acids is 1. The van der Waals surface area contributed by atoms with Gasteiger partial charge in [0.1, 0.15) is 6.04 Å². The quantitative estimate of drug-likeness (QED) is 0.502. The molecule has 2 atom stereocenters. The van der Waals surface area contributed by atoms with Crippen LogP contribution in [-0.2, 0) is 16.0 Å². The van der Waals surface area contributed by atoms with Gasteiger partial charge in [-0.25, -0.2) is 4.79 Å². The number of benzene rings is 3.